The highest BCUT2D eigenvalue weighted by Crippen LogP contribution is 2.45. The van der Waals surface area contributed by atoms with E-state index in [1.54, 1.807) is 6.07 Å². The molecular formula is C56H31N5O. The smallest absolute Gasteiger partial charge is 0.145 e. The van der Waals surface area contributed by atoms with Crippen LogP contribution < -0.4 is 0 Å². The number of nitriles is 2. The molecule has 13 aromatic rings. The molecule has 0 unspecified atom stereocenters. The predicted octanol–water partition coefficient (Wildman–Crippen LogP) is 14.3. The molecule has 0 saturated heterocycles. The van der Waals surface area contributed by atoms with Crippen LogP contribution in [0.25, 0.3) is 116 Å². The summed E-state index contributed by atoms with van der Waals surface area (Å²) >= 11 is 0. The Hall–Kier alpha value is -8.84. The van der Waals surface area contributed by atoms with E-state index >= 15 is 0 Å². The molecule has 0 radical (unpaired) electrons. The number of fused-ring (bicyclic) bond motifs is 14. The minimum absolute atomic E-state index is 0.464. The zero-order valence-electron chi connectivity index (χ0n) is 33.0. The van der Waals surface area contributed by atoms with Gasteiger partial charge in [-0.1, -0.05) is 84.9 Å². The van der Waals surface area contributed by atoms with E-state index < -0.39 is 0 Å². The Balaban J connectivity index is 1.07. The molecule has 0 fully saturated rings. The maximum Gasteiger partial charge on any atom is 0.145 e. The number of furan rings is 1. The number of hydrogen-bond donors (Lipinski definition) is 0. The van der Waals surface area contributed by atoms with Crippen LogP contribution in [0.5, 0.6) is 0 Å². The Kier molecular flexibility index (Phi) is 7.05. The SMILES string of the molecule is N#Cc1cc(C#N)cc(-c2ccc(-n3c4ccccc4c4c5oc6c(ccc7c6c6cc(-n8c9ccccc9c9ccccc98)ccc6n7-c6ccccc6)c5ccc43)cc2)c1. The largest absolute Gasteiger partial charge is 0.455 e. The quantitative estimate of drug-likeness (QED) is 0.178. The number of rotatable bonds is 4. The average Bonchev–Trinajstić information content (AvgIpc) is 4.07. The third-order valence-corrected chi connectivity index (χ3v) is 12.7. The highest BCUT2D eigenvalue weighted by molar-refractivity contribution is 6.29. The van der Waals surface area contributed by atoms with E-state index in [0.717, 1.165) is 93.7 Å². The van der Waals surface area contributed by atoms with E-state index in [1.165, 1.54) is 21.8 Å². The second-order valence-corrected chi connectivity index (χ2v) is 15.9. The lowest BCUT2D eigenvalue weighted by atomic mass is 10.0. The van der Waals surface area contributed by atoms with Crippen molar-refractivity contribution in [2.45, 2.75) is 0 Å². The predicted molar refractivity (Wildman–Crippen MR) is 252 cm³/mol. The minimum Gasteiger partial charge on any atom is -0.455 e. The van der Waals surface area contributed by atoms with Crippen LogP contribution in [0.1, 0.15) is 11.1 Å². The van der Waals surface area contributed by atoms with Crippen molar-refractivity contribution in [2.75, 3.05) is 0 Å². The number of para-hydroxylation sites is 4. The van der Waals surface area contributed by atoms with Crippen LogP contribution in [-0.4, -0.2) is 13.7 Å². The summed E-state index contributed by atoms with van der Waals surface area (Å²) in [5, 5.41) is 28.2. The molecule has 62 heavy (non-hydrogen) atoms. The van der Waals surface area contributed by atoms with Gasteiger partial charge in [0.2, 0.25) is 0 Å². The fourth-order valence-corrected chi connectivity index (χ4v) is 10.0. The first-order chi connectivity index (χ1) is 30.7. The number of nitrogens with zero attached hydrogens (tertiary/aromatic N) is 5. The zero-order chi connectivity index (χ0) is 41.1. The van der Waals surface area contributed by atoms with Gasteiger partial charge in [-0.2, -0.15) is 10.5 Å². The van der Waals surface area contributed by atoms with Crippen LogP contribution in [-0.2, 0) is 0 Å². The van der Waals surface area contributed by atoms with Crippen molar-refractivity contribution in [1.29, 1.82) is 10.5 Å². The average molecular weight is 790 g/mol. The molecule has 13 rings (SSSR count). The van der Waals surface area contributed by atoms with E-state index in [1.807, 2.05) is 12.1 Å². The Morgan fingerprint density at radius 2 is 0.774 bits per heavy atom. The van der Waals surface area contributed by atoms with E-state index in [4.69, 9.17) is 4.42 Å². The third kappa shape index (κ3) is 4.72. The van der Waals surface area contributed by atoms with Gasteiger partial charge >= 0.3 is 0 Å². The summed E-state index contributed by atoms with van der Waals surface area (Å²) in [7, 11) is 0. The van der Waals surface area contributed by atoms with Crippen molar-refractivity contribution < 1.29 is 4.42 Å². The molecule has 6 heteroatoms. The molecule has 0 aliphatic heterocycles. The molecule has 0 aliphatic rings. The highest BCUT2D eigenvalue weighted by atomic mass is 16.3. The first-order valence-corrected chi connectivity index (χ1v) is 20.6. The monoisotopic (exact) mass is 789 g/mol. The first-order valence-electron chi connectivity index (χ1n) is 20.6. The Labute approximate surface area is 354 Å². The van der Waals surface area contributed by atoms with E-state index in [9.17, 15) is 10.5 Å². The van der Waals surface area contributed by atoms with Gasteiger partial charge in [0.15, 0.2) is 0 Å². The van der Waals surface area contributed by atoms with Crippen molar-refractivity contribution >= 4 is 87.4 Å². The Bertz CT molecular complexity index is 4020. The summed E-state index contributed by atoms with van der Waals surface area (Å²) in [6.45, 7) is 0. The molecule has 0 spiro atoms. The van der Waals surface area contributed by atoms with E-state index in [0.29, 0.717) is 11.1 Å². The van der Waals surface area contributed by atoms with Crippen LogP contribution in [0.15, 0.2) is 192 Å². The summed E-state index contributed by atoms with van der Waals surface area (Å²) in [6, 6.07) is 70.1. The lowest BCUT2D eigenvalue weighted by molar-refractivity contribution is 0.677. The first kappa shape index (κ1) is 34.1. The molecule has 0 atom stereocenters. The van der Waals surface area contributed by atoms with Crippen molar-refractivity contribution in [2.24, 2.45) is 0 Å². The van der Waals surface area contributed by atoms with Gasteiger partial charge < -0.3 is 18.1 Å². The van der Waals surface area contributed by atoms with E-state index in [-0.39, 0.29) is 0 Å². The molecule has 0 bridgehead atoms. The molecule has 0 saturated carbocycles. The molecule has 0 aliphatic carbocycles. The van der Waals surface area contributed by atoms with Crippen LogP contribution >= 0.6 is 0 Å². The Morgan fingerprint density at radius 1 is 0.323 bits per heavy atom. The van der Waals surface area contributed by atoms with Gasteiger partial charge in [0.05, 0.1) is 67.1 Å². The molecule has 0 N–H and O–H groups in total. The summed E-state index contributed by atoms with van der Waals surface area (Å²) in [4.78, 5) is 0. The van der Waals surface area contributed by atoms with Gasteiger partial charge in [-0.15, -0.1) is 0 Å². The third-order valence-electron chi connectivity index (χ3n) is 12.7. The molecule has 4 aromatic heterocycles. The van der Waals surface area contributed by atoms with E-state index in [2.05, 4.69) is 196 Å². The van der Waals surface area contributed by atoms with Crippen molar-refractivity contribution in [3.05, 3.63) is 199 Å². The lowest BCUT2D eigenvalue weighted by Gasteiger charge is -2.10. The van der Waals surface area contributed by atoms with Gasteiger partial charge in [0.1, 0.15) is 11.2 Å². The summed E-state index contributed by atoms with van der Waals surface area (Å²) in [5.41, 5.74) is 14.2. The fourth-order valence-electron chi connectivity index (χ4n) is 10.0. The summed E-state index contributed by atoms with van der Waals surface area (Å²) in [5.74, 6) is 0. The van der Waals surface area contributed by atoms with Gasteiger partial charge in [-0.05, 0) is 114 Å². The van der Waals surface area contributed by atoms with Crippen LogP contribution in [0.4, 0.5) is 0 Å². The van der Waals surface area contributed by atoms with Crippen molar-refractivity contribution in [3.63, 3.8) is 0 Å². The standard InChI is InChI=1S/C56H31N5O/c57-32-34-28-35(33-58)30-37(29-34)36-18-20-39(21-19-36)60-49-17-9-6-14-45(49)53-51(60)26-23-43-44-24-27-52-54(56(44)62-55(43)53)46-31-40(22-25-50(46)59(52)38-10-2-1-3-11-38)61-47-15-7-4-12-41(47)42-13-5-8-16-48(42)61/h1-31H. The Morgan fingerprint density at radius 3 is 1.37 bits per heavy atom. The molecular weight excluding hydrogens is 759 g/mol. The van der Waals surface area contributed by atoms with Gasteiger partial charge in [0.25, 0.3) is 0 Å². The van der Waals surface area contributed by atoms with Crippen molar-refractivity contribution in [1.82, 2.24) is 13.7 Å². The topological polar surface area (TPSA) is 75.5 Å². The van der Waals surface area contributed by atoms with Crippen molar-refractivity contribution in [3.8, 4) is 40.3 Å². The maximum atomic E-state index is 9.61. The number of aromatic nitrogens is 3. The highest BCUT2D eigenvalue weighted by Gasteiger charge is 2.23. The van der Waals surface area contributed by atoms with Crippen LogP contribution in [0.3, 0.4) is 0 Å². The number of benzene rings is 9. The zero-order valence-corrected chi connectivity index (χ0v) is 33.0. The molecule has 4 heterocycles. The van der Waals surface area contributed by atoms with Crippen LogP contribution in [0.2, 0.25) is 0 Å². The van der Waals surface area contributed by atoms with Gasteiger partial charge in [0, 0.05) is 49.4 Å². The summed E-state index contributed by atoms with van der Waals surface area (Å²) in [6.07, 6.45) is 0. The molecule has 286 valence electrons. The maximum absolute atomic E-state index is 9.61. The second kappa shape index (κ2) is 12.8. The fraction of sp³-hybridized carbons (Fsp3) is 0. The summed E-state index contributed by atoms with van der Waals surface area (Å²) < 4.78 is 14.3. The molecule has 0 amide bonds. The number of hydrogen-bond acceptors (Lipinski definition) is 3. The van der Waals surface area contributed by atoms with Gasteiger partial charge in [-0.3, -0.25) is 0 Å². The molecule has 6 nitrogen and oxygen atoms in total. The minimum atomic E-state index is 0.464. The normalized spacial score (nSPS) is 11.8. The van der Waals surface area contributed by atoms with Gasteiger partial charge in [-0.25, -0.2) is 0 Å². The second-order valence-electron chi connectivity index (χ2n) is 15.9. The van der Waals surface area contributed by atoms with Crippen LogP contribution in [0, 0.1) is 22.7 Å². The lowest BCUT2D eigenvalue weighted by Crippen LogP contribution is -1.95. The molecule has 9 aromatic carbocycles.